The topological polar surface area (TPSA) is 253 Å². The fraction of sp³-hybridized carbons (Fsp3) is 0.478. The SMILES string of the molecule is COc1ccc(CC[C@H]2NC(=O)[C@@H]3CCCCN3C(=O)C(=O)C(C)(C)CNC(=O)/C=C/CCN(C)C(=O)[C@H](CC(C)C)N(C)C(=O)[C@H]3CCCN3C(=O)[C@H](Cc3ccccc3)N(C)C(=O)C(c3ccccc3)NC(=O)CCC(=O)Nc3cccc2c3)cc1OC. The molecule has 0 radical (unpaired) electrons. The van der Waals surface area contributed by atoms with Crippen LogP contribution in [0.15, 0.2) is 115 Å². The lowest BCUT2D eigenvalue weighted by Crippen LogP contribution is -2.58. The number of anilines is 1. The Morgan fingerprint density at radius 1 is 0.611 bits per heavy atom. The molecule has 6 atom stereocenters. The molecule has 7 rings (SSSR count). The zero-order valence-corrected chi connectivity index (χ0v) is 53.5. The number of methoxy groups -OCH3 is 2. The van der Waals surface area contributed by atoms with Crippen molar-refractivity contribution in [3.05, 3.63) is 138 Å². The van der Waals surface area contributed by atoms with Gasteiger partial charge in [-0.1, -0.05) is 113 Å². The van der Waals surface area contributed by atoms with Crippen LogP contribution in [-0.4, -0.2) is 169 Å². The van der Waals surface area contributed by atoms with Crippen LogP contribution in [0.1, 0.15) is 126 Å². The quantitative estimate of drug-likeness (QED) is 0.124. The number of nitrogens with one attached hydrogen (secondary N) is 4. The van der Waals surface area contributed by atoms with Gasteiger partial charge in [-0.2, -0.15) is 0 Å². The molecular formula is C69H89N9O12. The van der Waals surface area contributed by atoms with Gasteiger partial charge in [0.05, 0.1) is 25.7 Å². The molecular weight excluding hydrogens is 1150 g/mol. The fourth-order valence-corrected chi connectivity index (χ4v) is 11.8. The monoisotopic (exact) mass is 1240 g/mol. The molecule has 1 unspecified atom stereocenters. The maximum atomic E-state index is 15.2. The summed E-state index contributed by atoms with van der Waals surface area (Å²) in [5.41, 5.74) is 1.66. The zero-order valence-electron chi connectivity index (χ0n) is 53.5. The van der Waals surface area contributed by atoms with E-state index in [1.54, 1.807) is 102 Å². The van der Waals surface area contributed by atoms with E-state index in [1.165, 1.54) is 44.7 Å². The van der Waals surface area contributed by atoms with Crippen molar-refractivity contribution in [2.45, 2.75) is 141 Å². The number of aryl methyl sites for hydroxylation is 1. The standard InChI is InChI=1S/C69H89N9O12/c1-45(2)40-54-64(84)74(5)37-18-17-30-58(79)70-44-69(3,4)62(82)68(88)77-38-19-16-28-52(77)63(83)72-51(33-31-47-32-34-56(89-8)57(42-47)90-9)49-26-20-27-50(43-49)71-59(80)35-36-60(81)73-61(48-24-14-11-15-25-48)67(87)76(7)55(41-46-22-12-10-13-23-46)66(86)78-39-21-29-53(78)65(85)75(54)6/h10-15,17,20,22-27,30,32,34,42-43,45,51-55,61H,16,18-19,21,28-29,31,33,35-41,44H2,1-9H3,(H,70,79)(H,71,80)(H,72,83)(H,73,81)/b30-17+/t51-,52+,53-,54+,55+,61?/m1/s1. The van der Waals surface area contributed by atoms with Crippen LogP contribution in [0.2, 0.25) is 0 Å². The Kier molecular flexibility index (Phi) is 24.4. The Hall–Kier alpha value is -8.88. The van der Waals surface area contributed by atoms with Crippen molar-refractivity contribution < 1.29 is 57.4 Å². The van der Waals surface area contributed by atoms with Gasteiger partial charge in [0.25, 0.3) is 5.91 Å². The molecule has 4 N–H and O–H groups in total. The molecule has 2 saturated heterocycles. The molecule has 2 fully saturated rings. The van der Waals surface area contributed by atoms with Gasteiger partial charge in [-0.3, -0.25) is 47.9 Å². The predicted molar refractivity (Wildman–Crippen MR) is 340 cm³/mol. The van der Waals surface area contributed by atoms with Gasteiger partial charge < -0.3 is 55.2 Å². The summed E-state index contributed by atoms with van der Waals surface area (Å²) in [4.78, 5) is 151. The third kappa shape index (κ3) is 17.9. The number of carbonyl (C=O) groups is 10. The maximum absolute atomic E-state index is 15.2. The highest BCUT2D eigenvalue weighted by Gasteiger charge is 2.45. The molecule has 0 saturated carbocycles. The van der Waals surface area contributed by atoms with E-state index in [4.69, 9.17) is 9.47 Å². The lowest BCUT2D eigenvalue weighted by atomic mass is 9.86. The van der Waals surface area contributed by atoms with Crippen LogP contribution in [0.4, 0.5) is 5.69 Å². The Balaban J connectivity index is 1.20. The molecule has 2 bridgehead atoms. The van der Waals surface area contributed by atoms with E-state index in [1.807, 2.05) is 56.3 Å². The number of carbonyl (C=O) groups excluding carboxylic acids is 10. The molecule has 21 heteroatoms. The number of hydrogen-bond acceptors (Lipinski definition) is 12. The third-order valence-electron chi connectivity index (χ3n) is 17.2. The van der Waals surface area contributed by atoms with Gasteiger partial charge in [-0.15, -0.1) is 0 Å². The van der Waals surface area contributed by atoms with E-state index in [9.17, 15) is 38.4 Å². The minimum atomic E-state index is -1.38. The van der Waals surface area contributed by atoms with Crippen molar-refractivity contribution in [1.29, 1.82) is 0 Å². The summed E-state index contributed by atoms with van der Waals surface area (Å²) in [6, 6.07) is 24.2. The van der Waals surface area contributed by atoms with Gasteiger partial charge in [0, 0.05) is 72.3 Å². The number of nitrogens with zero attached hydrogens (tertiary/aromatic N) is 5. The first-order valence-corrected chi connectivity index (χ1v) is 31.2. The van der Waals surface area contributed by atoms with Crippen molar-refractivity contribution in [1.82, 2.24) is 40.4 Å². The summed E-state index contributed by atoms with van der Waals surface area (Å²) in [6.45, 7) is 7.37. The number of piperidine rings is 1. The van der Waals surface area contributed by atoms with Crippen LogP contribution in [0.3, 0.4) is 0 Å². The lowest BCUT2D eigenvalue weighted by Gasteiger charge is -2.37. The molecule has 482 valence electrons. The largest absolute Gasteiger partial charge is 0.493 e. The molecule has 4 aromatic carbocycles. The molecule has 3 aliphatic rings. The van der Waals surface area contributed by atoms with E-state index < -0.39 is 94.7 Å². The number of fused-ring (bicyclic) bond motifs is 4. The third-order valence-corrected chi connectivity index (χ3v) is 17.2. The van der Waals surface area contributed by atoms with E-state index in [-0.39, 0.29) is 70.1 Å². The van der Waals surface area contributed by atoms with Crippen LogP contribution in [0.25, 0.3) is 0 Å². The average molecular weight is 1240 g/mol. The first kappa shape index (κ1) is 68.6. The van der Waals surface area contributed by atoms with E-state index >= 15 is 9.59 Å². The number of ketones is 1. The van der Waals surface area contributed by atoms with Crippen LogP contribution < -0.4 is 30.7 Å². The molecule has 4 aromatic rings. The van der Waals surface area contributed by atoms with Gasteiger partial charge in [0.1, 0.15) is 30.2 Å². The molecule has 21 nitrogen and oxygen atoms in total. The Morgan fingerprint density at radius 2 is 1.27 bits per heavy atom. The highest BCUT2D eigenvalue weighted by molar-refractivity contribution is 6.38. The number of hydrogen-bond donors (Lipinski definition) is 4. The predicted octanol–water partition coefficient (Wildman–Crippen LogP) is 6.51. The number of benzene rings is 4. The molecule has 9 amide bonds. The molecule has 0 aromatic heterocycles. The summed E-state index contributed by atoms with van der Waals surface area (Å²) in [7, 11) is 7.77. The zero-order chi connectivity index (χ0) is 65.2. The number of Topliss-reactive ketones (excluding diaryl/α,β-unsaturated/α-hetero) is 1. The lowest BCUT2D eigenvalue weighted by molar-refractivity contribution is -0.153. The summed E-state index contributed by atoms with van der Waals surface area (Å²) < 4.78 is 11.0. The molecule has 90 heavy (non-hydrogen) atoms. The summed E-state index contributed by atoms with van der Waals surface area (Å²) in [6.07, 6.45) is 5.98. The van der Waals surface area contributed by atoms with Gasteiger partial charge in [-0.05, 0) is 116 Å². The minimum Gasteiger partial charge on any atom is -0.493 e. The summed E-state index contributed by atoms with van der Waals surface area (Å²) in [5, 5.41) is 11.7. The number of ether oxygens (including phenoxy) is 2. The minimum absolute atomic E-state index is 0.0155. The van der Waals surface area contributed by atoms with Gasteiger partial charge in [-0.25, -0.2) is 0 Å². The second kappa shape index (κ2) is 32.0. The number of rotatable bonds is 10. The Morgan fingerprint density at radius 3 is 1.97 bits per heavy atom. The fourth-order valence-electron chi connectivity index (χ4n) is 11.8. The molecule has 0 spiro atoms. The smallest absolute Gasteiger partial charge is 0.291 e. The van der Waals surface area contributed by atoms with Gasteiger partial charge >= 0.3 is 0 Å². The van der Waals surface area contributed by atoms with Crippen molar-refractivity contribution in [3.8, 4) is 11.5 Å². The molecule has 0 aliphatic carbocycles. The van der Waals surface area contributed by atoms with Crippen LogP contribution >= 0.6 is 0 Å². The van der Waals surface area contributed by atoms with Gasteiger partial charge in [0.15, 0.2) is 11.5 Å². The molecule has 3 aliphatic heterocycles. The molecule has 3 heterocycles. The summed E-state index contributed by atoms with van der Waals surface area (Å²) in [5.74, 6) is -4.58. The van der Waals surface area contributed by atoms with E-state index in [0.717, 1.165) is 11.1 Å². The van der Waals surface area contributed by atoms with Crippen molar-refractivity contribution in [2.24, 2.45) is 11.3 Å². The Labute approximate surface area is 528 Å². The second-order valence-electron chi connectivity index (χ2n) is 24.7. The number of amides is 9. The Bertz CT molecular complexity index is 3240. The van der Waals surface area contributed by atoms with Crippen molar-refractivity contribution in [3.63, 3.8) is 0 Å². The maximum Gasteiger partial charge on any atom is 0.291 e. The van der Waals surface area contributed by atoms with Crippen LogP contribution in [0, 0.1) is 11.3 Å². The second-order valence-corrected chi connectivity index (χ2v) is 24.7. The average Bonchev–Trinajstić information content (AvgIpc) is 1.52. The van der Waals surface area contributed by atoms with Crippen molar-refractivity contribution >= 4 is 64.6 Å². The summed E-state index contributed by atoms with van der Waals surface area (Å²) >= 11 is 0. The van der Waals surface area contributed by atoms with Crippen LogP contribution in [-0.2, 0) is 60.8 Å². The van der Waals surface area contributed by atoms with Gasteiger partial charge in [0.2, 0.25) is 53.0 Å². The van der Waals surface area contributed by atoms with Crippen molar-refractivity contribution in [2.75, 3.05) is 66.9 Å². The first-order chi connectivity index (χ1) is 43.0. The van der Waals surface area contributed by atoms with E-state index in [2.05, 4.69) is 21.3 Å². The first-order valence-electron chi connectivity index (χ1n) is 31.2. The normalized spacial score (nSPS) is 23.3. The number of likely N-dealkylation sites (N-methyl/N-ethyl adjacent to an activating group) is 3. The van der Waals surface area contributed by atoms with E-state index in [0.29, 0.717) is 73.3 Å². The highest BCUT2D eigenvalue weighted by atomic mass is 16.5. The van der Waals surface area contributed by atoms with Crippen LogP contribution in [0.5, 0.6) is 11.5 Å². The highest BCUT2D eigenvalue weighted by Crippen LogP contribution is 2.32.